The highest BCUT2D eigenvalue weighted by molar-refractivity contribution is 7.89. The number of sulfonamides is 1. The van der Waals surface area contributed by atoms with Crippen LogP contribution in [0.1, 0.15) is 17.0 Å². The average molecular weight is 294 g/mol. The number of hydrogen-bond donors (Lipinski definition) is 2. The number of H-pyrrole nitrogens is 1. The van der Waals surface area contributed by atoms with Crippen molar-refractivity contribution in [1.29, 1.82) is 0 Å². The number of anilines is 1. The quantitative estimate of drug-likeness (QED) is 0.834. The third-order valence-electron chi connectivity index (χ3n) is 3.21. The topological polar surface area (TPSA) is 92.1 Å². The molecule has 1 heterocycles. The van der Waals surface area contributed by atoms with E-state index in [0.29, 0.717) is 17.1 Å². The summed E-state index contributed by atoms with van der Waals surface area (Å²) in [5, 5.41) is 0. The molecular formula is C13H18N4O2S. The number of aromatic nitrogens is 2. The number of rotatable bonds is 4. The van der Waals surface area contributed by atoms with E-state index in [1.54, 1.807) is 32.3 Å². The summed E-state index contributed by atoms with van der Waals surface area (Å²) in [5.41, 5.74) is 7.64. The number of nitrogens with two attached hydrogens (primary N) is 1. The molecule has 0 aliphatic rings. The maximum atomic E-state index is 12.7. The first-order chi connectivity index (χ1) is 9.34. The molecule has 2 rings (SSSR count). The Hall–Kier alpha value is -1.86. The van der Waals surface area contributed by atoms with Gasteiger partial charge in [-0.05, 0) is 25.0 Å². The van der Waals surface area contributed by atoms with E-state index in [4.69, 9.17) is 5.73 Å². The summed E-state index contributed by atoms with van der Waals surface area (Å²) in [7, 11) is -2.14. The first kappa shape index (κ1) is 14.5. The second-order valence-electron chi connectivity index (χ2n) is 4.74. The number of aromatic amines is 1. The fourth-order valence-corrected chi connectivity index (χ4v) is 3.50. The molecule has 2 aromatic rings. The van der Waals surface area contributed by atoms with Gasteiger partial charge >= 0.3 is 0 Å². The van der Waals surface area contributed by atoms with Crippen LogP contribution in [0.15, 0.2) is 29.4 Å². The first-order valence-corrected chi connectivity index (χ1v) is 7.58. The van der Waals surface area contributed by atoms with Crippen molar-refractivity contribution in [3.63, 3.8) is 0 Å². The van der Waals surface area contributed by atoms with E-state index in [1.807, 2.05) is 6.07 Å². The number of benzene rings is 1. The Balaban J connectivity index is 2.42. The number of imidazole rings is 1. The third kappa shape index (κ3) is 2.54. The van der Waals surface area contributed by atoms with Gasteiger partial charge in [0.2, 0.25) is 10.0 Å². The Morgan fingerprint density at radius 1 is 1.30 bits per heavy atom. The number of nitrogen functional groups attached to an aromatic ring is 1. The maximum absolute atomic E-state index is 12.7. The molecule has 0 atom stereocenters. The summed E-state index contributed by atoms with van der Waals surface area (Å²) in [6.07, 6.45) is 3.24. The van der Waals surface area contributed by atoms with E-state index in [1.165, 1.54) is 11.4 Å². The van der Waals surface area contributed by atoms with Gasteiger partial charge in [0.1, 0.15) is 10.7 Å². The van der Waals surface area contributed by atoms with Crippen LogP contribution in [0.2, 0.25) is 0 Å². The molecule has 3 N–H and O–H groups in total. The van der Waals surface area contributed by atoms with Gasteiger partial charge in [-0.25, -0.2) is 13.4 Å². The van der Waals surface area contributed by atoms with Gasteiger partial charge in [-0.3, -0.25) is 0 Å². The second-order valence-corrected chi connectivity index (χ2v) is 6.72. The lowest BCUT2D eigenvalue weighted by molar-refractivity contribution is 0.458. The average Bonchev–Trinajstić information content (AvgIpc) is 2.87. The highest BCUT2D eigenvalue weighted by atomic mass is 32.2. The molecule has 0 aliphatic heterocycles. The van der Waals surface area contributed by atoms with Gasteiger partial charge in [0.25, 0.3) is 0 Å². The molecule has 0 bridgehead atoms. The molecule has 0 radical (unpaired) electrons. The second kappa shape index (κ2) is 5.26. The van der Waals surface area contributed by atoms with Crippen molar-refractivity contribution in [3.8, 4) is 0 Å². The zero-order valence-electron chi connectivity index (χ0n) is 11.7. The number of hydrogen-bond acceptors (Lipinski definition) is 4. The van der Waals surface area contributed by atoms with Gasteiger partial charge in [-0.2, -0.15) is 4.31 Å². The lowest BCUT2D eigenvalue weighted by Gasteiger charge is -2.19. The summed E-state index contributed by atoms with van der Waals surface area (Å²) in [4.78, 5) is 7.09. The largest absolute Gasteiger partial charge is 0.397 e. The summed E-state index contributed by atoms with van der Waals surface area (Å²) in [5.74, 6) is 0.583. The number of aryl methyl sites for hydroxylation is 2. The molecule has 1 aromatic carbocycles. The Morgan fingerprint density at radius 2 is 1.95 bits per heavy atom. The fourth-order valence-electron chi connectivity index (χ4n) is 1.99. The van der Waals surface area contributed by atoms with E-state index < -0.39 is 10.0 Å². The monoisotopic (exact) mass is 294 g/mol. The van der Waals surface area contributed by atoms with Gasteiger partial charge in [-0.15, -0.1) is 0 Å². The number of nitrogens with zero attached hydrogens (tertiary/aromatic N) is 2. The minimum atomic E-state index is -3.65. The van der Waals surface area contributed by atoms with Crippen LogP contribution in [0, 0.1) is 13.8 Å². The van der Waals surface area contributed by atoms with E-state index >= 15 is 0 Å². The normalized spacial score (nSPS) is 12.0. The van der Waals surface area contributed by atoms with Gasteiger partial charge < -0.3 is 10.7 Å². The Bertz CT molecular complexity index is 708. The van der Waals surface area contributed by atoms with Crippen LogP contribution in [0.4, 0.5) is 5.69 Å². The van der Waals surface area contributed by atoms with Crippen molar-refractivity contribution in [2.45, 2.75) is 25.3 Å². The molecule has 0 saturated carbocycles. The van der Waals surface area contributed by atoms with E-state index in [0.717, 1.165) is 5.56 Å². The van der Waals surface area contributed by atoms with Crippen LogP contribution in [0.25, 0.3) is 0 Å². The molecule has 0 amide bonds. The minimum absolute atomic E-state index is 0.169. The van der Waals surface area contributed by atoms with Crippen LogP contribution in [0.5, 0.6) is 0 Å². The molecule has 0 aliphatic carbocycles. The van der Waals surface area contributed by atoms with Crippen molar-refractivity contribution in [3.05, 3.63) is 41.5 Å². The molecular weight excluding hydrogens is 276 g/mol. The zero-order valence-corrected chi connectivity index (χ0v) is 12.5. The molecule has 7 heteroatoms. The maximum Gasteiger partial charge on any atom is 0.245 e. The van der Waals surface area contributed by atoms with Crippen molar-refractivity contribution < 1.29 is 8.42 Å². The first-order valence-electron chi connectivity index (χ1n) is 6.14. The van der Waals surface area contributed by atoms with Crippen molar-refractivity contribution in [2.24, 2.45) is 0 Å². The van der Waals surface area contributed by atoms with E-state index in [9.17, 15) is 8.42 Å². The predicted octanol–water partition coefficient (Wildman–Crippen LogP) is 1.43. The summed E-state index contributed by atoms with van der Waals surface area (Å²) < 4.78 is 26.6. The van der Waals surface area contributed by atoms with Crippen LogP contribution < -0.4 is 5.73 Å². The molecule has 0 spiro atoms. The van der Waals surface area contributed by atoms with Crippen LogP contribution >= 0.6 is 0 Å². The lowest BCUT2D eigenvalue weighted by atomic mass is 10.1. The van der Waals surface area contributed by atoms with E-state index in [2.05, 4.69) is 9.97 Å². The van der Waals surface area contributed by atoms with Gasteiger partial charge in [0.05, 0.1) is 12.2 Å². The minimum Gasteiger partial charge on any atom is -0.397 e. The summed E-state index contributed by atoms with van der Waals surface area (Å²) in [6.45, 7) is 3.70. The third-order valence-corrected chi connectivity index (χ3v) is 5.21. The summed E-state index contributed by atoms with van der Waals surface area (Å²) in [6, 6.07) is 3.58. The molecule has 20 heavy (non-hydrogen) atoms. The fraction of sp³-hybridized carbons (Fsp3) is 0.308. The van der Waals surface area contributed by atoms with Crippen molar-refractivity contribution >= 4 is 15.7 Å². The highest BCUT2D eigenvalue weighted by Gasteiger charge is 2.26. The SMILES string of the molecule is Cc1ccc(C)c(S(=O)(=O)N(C)Cc2ncc[nH]2)c1N. The molecule has 6 nitrogen and oxygen atoms in total. The zero-order chi connectivity index (χ0) is 14.9. The molecule has 0 saturated heterocycles. The standard InChI is InChI=1S/C13H18N4O2S/c1-9-4-5-10(2)13(12(9)14)20(18,19)17(3)8-11-15-6-7-16-11/h4-7H,8,14H2,1-3H3,(H,15,16). The van der Waals surface area contributed by atoms with Gasteiger partial charge in [-0.1, -0.05) is 12.1 Å². The van der Waals surface area contributed by atoms with Gasteiger partial charge in [0, 0.05) is 19.4 Å². The van der Waals surface area contributed by atoms with Crippen LogP contribution in [0.3, 0.4) is 0 Å². The summed E-state index contributed by atoms with van der Waals surface area (Å²) >= 11 is 0. The molecule has 0 fully saturated rings. The Morgan fingerprint density at radius 3 is 2.55 bits per heavy atom. The molecule has 0 unspecified atom stereocenters. The Labute approximate surface area is 118 Å². The Kier molecular flexibility index (Phi) is 3.82. The predicted molar refractivity (Wildman–Crippen MR) is 77.6 cm³/mol. The van der Waals surface area contributed by atoms with E-state index in [-0.39, 0.29) is 11.4 Å². The van der Waals surface area contributed by atoms with Gasteiger partial charge in [0.15, 0.2) is 0 Å². The molecule has 108 valence electrons. The smallest absolute Gasteiger partial charge is 0.245 e. The number of nitrogens with one attached hydrogen (secondary N) is 1. The van der Waals surface area contributed by atoms with Crippen LogP contribution in [-0.4, -0.2) is 29.7 Å². The highest BCUT2D eigenvalue weighted by Crippen LogP contribution is 2.28. The lowest BCUT2D eigenvalue weighted by Crippen LogP contribution is -2.28. The van der Waals surface area contributed by atoms with Crippen molar-refractivity contribution in [1.82, 2.24) is 14.3 Å². The van der Waals surface area contributed by atoms with Crippen molar-refractivity contribution in [2.75, 3.05) is 12.8 Å². The van der Waals surface area contributed by atoms with Crippen LogP contribution in [-0.2, 0) is 16.6 Å². The molecule has 1 aromatic heterocycles.